The summed E-state index contributed by atoms with van der Waals surface area (Å²) in [5.74, 6) is -1.25. The summed E-state index contributed by atoms with van der Waals surface area (Å²) < 4.78 is 5.30. The van der Waals surface area contributed by atoms with Crippen molar-refractivity contribution in [2.24, 2.45) is 0 Å². The Hall–Kier alpha value is -3.13. The van der Waals surface area contributed by atoms with E-state index in [1.165, 1.54) is 37.3 Å². The molecular weight excluding hydrogens is 350 g/mol. The Bertz CT molecular complexity index is 795. The number of nitro groups is 1. The molecule has 2 aromatic carbocycles. The number of hydrazine groups is 1. The topological polar surface area (TPSA) is 111 Å². The van der Waals surface area contributed by atoms with E-state index in [0.29, 0.717) is 10.6 Å². The average molecular weight is 364 g/mol. The number of ether oxygens (including phenoxy) is 1. The maximum atomic E-state index is 12.0. The summed E-state index contributed by atoms with van der Waals surface area (Å²) >= 11 is 5.73. The highest BCUT2D eigenvalue weighted by Gasteiger charge is 2.21. The Morgan fingerprint density at radius 3 is 2.40 bits per heavy atom. The van der Waals surface area contributed by atoms with Gasteiger partial charge in [-0.3, -0.25) is 30.6 Å². The van der Waals surface area contributed by atoms with E-state index in [1.807, 2.05) is 0 Å². The van der Waals surface area contributed by atoms with Gasteiger partial charge in [0.05, 0.1) is 4.92 Å². The fraction of sp³-hybridized carbons (Fsp3) is 0.125. The molecule has 1 atom stereocenters. The first-order valence-corrected chi connectivity index (χ1v) is 7.52. The number of para-hydroxylation sites is 2. The SMILES string of the molecule is C[C@@H](Oc1ccccc1[N+](=O)[O-])C(=O)NNC(=O)c1ccc(Cl)cc1. The summed E-state index contributed by atoms with van der Waals surface area (Å²) in [4.78, 5) is 34.2. The molecule has 0 unspecified atom stereocenters. The molecule has 0 aliphatic heterocycles. The van der Waals surface area contributed by atoms with Gasteiger partial charge in [-0.25, -0.2) is 0 Å². The van der Waals surface area contributed by atoms with Gasteiger partial charge in [0.1, 0.15) is 0 Å². The van der Waals surface area contributed by atoms with E-state index in [2.05, 4.69) is 10.9 Å². The summed E-state index contributed by atoms with van der Waals surface area (Å²) in [7, 11) is 0. The van der Waals surface area contributed by atoms with Crippen LogP contribution in [0.4, 0.5) is 5.69 Å². The number of halogens is 1. The Morgan fingerprint density at radius 1 is 1.12 bits per heavy atom. The summed E-state index contributed by atoms with van der Waals surface area (Å²) in [5.41, 5.74) is 4.47. The molecule has 0 bridgehead atoms. The van der Waals surface area contributed by atoms with Crippen LogP contribution in [0.3, 0.4) is 0 Å². The number of nitrogens with zero attached hydrogens (tertiary/aromatic N) is 1. The predicted octanol–water partition coefficient (Wildman–Crippen LogP) is 2.48. The molecule has 25 heavy (non-hydrogen) atoms. The van der Waals surface area contributed by atoms with E-state index in [-0.39, 0.29) is 11.4 Å². The van der Waals surface area contributed by atoms with Crippen LogP contribution in [-0.2, 0) is 4.79 Å². The Kier molecular flexibility index (Phi) is 5.91. The Labute approximate surface area is 147 Å². The van der Waals surface area contributed by atoms with Crippen LogP contribution in [0.25, 0.3) is 0 Å². The number of hydrogen-bond acceptors (Lipinski definition) is 5. The highest BCUT2D eigenvalue weighted by Crippen LogP contribution is 2.26. The second-order valence-corrected chi connectivity index (χ2v) is 5.37. The molecule has 0 saturated heterocycles. The molecule has 0 aliphatic rings. The van der Waals surface area contributed by atoms with Crippen molar-refractivity contribution in [2.75, 3.05) is 0 Å². The summed E-state index contributed by atoms with van der Waals surface area (Å²) in [6.07, 6.45) is -1.06. The van der Waals surface area contributed by atoms with Gasteiger partial charge in [-0.05, 0) is 37.3 Å². The fourth-order valence-electron chi connectivity index (χ4n) is 1.85. The van der Waals surface area contributed by atoms with Gasteiger partial charge in [0, 0.05) is 16.7 Å². The number of amides is 2. The molecule has 0 radical (unpaired) electrons. The third kappa shape index (κ3) is 4.92. The number of nitro benzene ring substituents is 1. The zero-order valence-corrected chi connectivity index (χ0v) is 13.8. The van der Waals surface area contributed by atoms with Crippen molar-refractivity contribution in [2.45, 2.75) is 13.0 Å². The number of nitrogens with one attached hydrogen (secondary N) is 2. The third-order valence-electron chi connectivity index (χ3n) is 3.14. The molecular formula is C16H14ClN3O5. The summed E-state index contributed by atoms with van der Waals surface area (Å²) in [6.45, 7) is 1.40. The normalized spacial score (nSPS) is 11.3. The van der Waals surface area contributed by atoms with Gasteiger partial charge < -0.3 is 4.74 Å². The average Bonchev–Trinajstić information content (AvgIpc) is 2.60. The van der Waals surface area contributed by atoms with Crippen molar-refractivity contribution in [3.05, 3.63) is 69.2 Å². The minimum atomic E-state index is -1.06. The maximum absolute atomic E-state index is 12.0. The van der Waals surface area contributed by atoms with Gasteiger partial charge in [-0.15, -0.1) is 0 Å². The second kappa shape index (κ2) is 8.11. The Morgan fingerprint density at radius 2 is 1.76 bits per heavy atom. The molecule has 0 fully saturated rings. The first kappa shape index (κ1) is 18.2. The van der Waals surface area contributed by atoms with E-state index in [9.17, 15) is 19.7 Å². The molecule has 2 rings (SSSR count). The molecule has 8 nitrogen and oxygen atoms in total. The molecule has 0 saturated carbocycles. The number of hydrogen-bond donors (Lipinski definition) is 2. The van der Waals surface area contributed by atoms with Gasteiger partial charge in [-0.2, -0.15) is 0 Å². The number of carbonyl (C=O) groups excluding carboxylic acids is 2. The van der Waals surface area contributed by atoms with Crippen molar-refractivity contribution in [1.29, 1.82) is 0 Å². The van der Waals surface area contributed by atoms with Gasteiger partial charge in [0.2, 0.25) is 0 Å². The fourth-order valence-corrected chi connectivity index (χ4v) is 1.97. The number of benzene rings is 2. The van der Waals surface area contributed by atoms with Crippen LogP contribution in [0, 0.1) is 10.1 Å². The van der Waals surface area contributed by atoms with Gasteiger partial charge in [0.15, 0.2) is 11.9 Å². The van der Waals surface area contributed by atoms with Crippen LogP contribution < -0.4 is 15.6 Å². The van der Waals surface area contributed by atoms with Crippen LogP contribution in [0.2, 0.25) is 5.02 Å². The van der Waals surface area contributed by atoms with Crippen molar-refractivity contribution >= 4 is 29.1 Å². The zero-order valence-electron chi connectivity index (χ0n) is 13.1. The summed E-state index contributed by atoms with van der Waals surface area (Å²) in [5, 5.41) is 11.4. The molecule has 0 aliphatic carbocycles. The lowest BCUT2D eigenvalue weighted by Gasteiger charge is -2.15. The van der Waals surface area contributed by atoms with Crippen molar-refractivity contribution in [3.8, 4) is 5.75 Å². The molecule has 0 aromatic heterocycles. The van der Waals surface area contributed by atoms with Gasteiger partial charge in [0.25, 0.3) is 11.8 Å². The van der Waals surface area contributed by atoms with Crippen LogP contribution >= 0.6 is 11.6 Å². The van der Waals surface area contributed by atoms with Crippen molar-refractivity contribution in [3.63, 3.8) is 0 Å². The molecule has 130 valence electrons. The Balaban J connectivity index is 1.93. The lowest BCUT2D eigenvalue weighted by atomic mass is 10.2. The lowest BCUT2D eigenvalue weighted by molar-refractivity contribution is -0.386. The summed E-state index contributed by atoms with van der Waals surface area (Å²) in [6, 6.07) is 11.8. The standard InChI is InChI=1S/C16H14ClN3O5/c1-10(25-14-5-3-2-4-13(14)20(23)24)15(21)18-19-16(22)11-6-8-12(17)9-7-11/h2-10H,1H3,(H,18,21)(H,19,22)/t10-/m1/s1. The molecule has 2 amide bonds. The zero-order chi connectivity index (χ0) is 18.4. The van der Waals surface area contributed by atoms with E-state index in [4.69, 9.17) is 16.3 Å². The van der Waals surface area contributed by atoms with E-state index < -0.39 is 22.8 Å². The smallest absolute Gasteiger partial charge is 0.310 e. The van der Waals surface area contributed by atoms with Crippen LogP contribution in [0.1, 0.15) is 17.3 Å². The third-order valence-corrected chi connectivity index (χ3v) is 3.39. The van der Waals surface area contributed by atoms with Crippen LogP contribution in [0.5, 0.6) is 5.75 Å². The molecule has 2 aromatic rings. The lowest BCUT2D eigenvalue weighted by Crippen LogP contribution is -2.47. The highest BCUT2D eigenvalue weighted by atomic mass is 35.5. The molecule has 0 spiro atoms. The molecule has 2 N–H and O–H groups in total. The minimum absolute atomic E-state index is 0.0424. The van der Waals surface area contributed by atoms with Crippen molar-refractivity contribution in [1.82, 2.24) is 10.9 Å². The predicted molar refractivity (Wildman–Crippen MR) is 90.2 cm³/mol. The largest absolute Gasteiger partial charge is 0.474 e. The first-order chi connectivity index (χ1) is 11.9. The van der Waals surface area contributed by atoms with Gasteiger partial charge in [-0.1, -0.05) is 23.7 Å². The molecule has 9 heteroatoms. The highest BCUT2D eigenvalue weighted by molar-refractivity contribution is 6.30. The van der Waals surface area contributed by atoms with E-state index in [1.54, 1.807) is 18.2 Å². The molecule has 0 heterocycles. The first-order valence-electron chi connectivity index (χ1n) is 7.14. The monoisotopic (exact) mass is 363 g/mol. The quantitative estimate of drug-likeness (QED) is 0.626. The van der Waals surface area contributed by atoms with Crippen molar-refractivity contribution < 1.29 is 19.2 Å². The van der Waals surface area contributed by atoms with E-state index in [0.717, 1.165) is 0 Å². The van der Waals surface area contributed by atoms with Crippen LogP contribution in [-0.4, -0.2) is 22.8 Å². The minimum Gasteiger partial charge on any atom is -0.474 e. The number of rotatable bonds is 5. The van der Waals surface area contributed by atoms with Gasteiger partial charge >= 0.3 is 5.69 Å². The van der Waals surface area contributed by atoms with E-state index >= 15 is 0 Å². The maximum Gasteiger partial charge on any atom is 0.310 e. The number of carbonyl (C=O) groups is 2. The van der Waals surface area contributed by atoms with Crippen LogP contribution in [0.15, 0.2) is 48.5 Å². The second-order valence-electron chi connectivity index (χ2n) is 4.94.